The van der Waals surface area contributed by atoms with Crippen molar-refractivity contribution in [2.24, 2.45) is 5.73 Å². The Balaban J connectivity index is 2.25. The van der Waals surface area contributed by atoms with Crippen LogP contribution in [-0.4, -0.2) is 11.8 Å². The van der Waals surface area contributed by atoms with E-state index in [-0.39, 0.29) is 5.91 Å². The van der Waals surface area contributed by atoms with Gasteiger partial charge in [0, 0.05) is 16.8 Å². The molecular formula is C16H16N2O2. The van der Waals surface area contributed by atoms with Gasteiger partial charge in [0.15, 0.2) is 0 Å². The zero-order valence-corrected chi connectivity index (χ0v) is 11.4. The average Bonchev–Trinajstić information content (AvgIpc) is 2.41. The van der Waals surface area contributed by atoms with Gasteiger partial charge in [-0.1, -0.05) is 23.8 Å². The third-order valence-corrected chi connectivity index (χ3v) is 3.04. The zero-order chi connectivity index (χ0) is 14.7. The number of benzene rings is 2. The van der Waals surface area contributed by atoms with Crippen molar-refractivity contribution < 1.29 is 9.59 Å². The highest BCUT2D eigenvalue weighted by Gasteiger charge is 2.10. The van der Waals surface area contributed by atoms with Gasteiger partial charge in [0.1, 0.15) is 0 Å². The first-order valence-electron chi connectivity index (χ1n) is 6.26. The summed E-state index contributed by atoms with van der Waals surface area (Å²) in [6.45, 7) is 3.82. The summed E-state index contributed by atoms with van der Waals surface area (Å²) in [6, 6.07) is 12.3. The fourth-order valence-electron chi connectivity index (χ4n) is 1.93. The zero-order valence-electron chi connectivity index (χ0n) is 11.4. The molecule has 2 amide bonds. The molecule has 2 rings (SSSR count). The summed E-state index contributed by atoms with van der Waals surface area (Å²) < 4.78 is 0. The summed E-state index contributed by atoms with van der Waals surface area (Å²) in [4.78, 5) is 23.4. The highest BCUT2D eigenvalue weighted by molar-refractivity contribution is 6.06. The summed E-state index contributed by atoms with van der Waals surface area (Å²) in [5.41, 5.74) is 8.67. The van der Waals surface area contributed by atoms with Crippen LogP contribution in [0.1, 0.15) is 31.8 Å². The largest absolute Gasteiger partial charge is 0.366 e. The predicted molar refractivity (Wildman–Crippen MR) is 78.8 cm³/mol. The first-order valence-corrected chi connectivity index (χ1v) is 6.26. The first kappa shape index (κ1) is 13.8. The molecule has 0 atom stereocenters. The lowest BCUT2D eigenvalue weighted by molar-refractivity contribution is 0.0996. The van der Waals surface area contributed by atoms with Gasteiger partial charge < -0.3 is 11.1 Å². The quantitative estimate of drug-likeness (QED) is 0.898. The highest BCUT2D eigenvalue weighted by Crippen LogP contribution is 2.15. The van der Waals surface area contributed by atoms with Crippen LogP contribution in [0.5, 0.6) is 0 Å². The van der Waals surface area contributed by atoms with Gasteiger partial charge in [0.25, 0.3) is 5.91 Å². The molecule has 4 nitrogen and oxygen atoms in total. The minimum absolute atomic E-state index is 0.201. The molecule has 0 heterocycles. The Morgan fingerprint density at radius 2 is 1.80 bits per heavy atom. The summed E-state index contributed by atoms with van der Waals surface area (Å²) in [5.74, 6) is -0.722. The van der Waals surface area contributed by atoms with Gasteiger partial charge in [-0.3, -0.25) is 9.59 Å². The Morgan fingerprint density at radius 1 is 1.05 bits per heavy atom. The van der Waals surface area contributed by atoms with Gasteiger partial charge >= 0.3 is 0 Å². The second kappa shape index (κ2) is 5.57. The number of hydrogen-bond donors (Lipinski definition) is 2. The number of rotatable bonds is 3. The summed E-state index contributed by atoms with van der Waals surface area (Å²) in [7, 11) is 0. The Bertz CT molecular complexity index is 678. The van der Waals surface area contributed by atoms with Crippen molar-refractivity contribution >= 4 is 17.5 Å². The molecule has 0 radical (unpaired) electrons. The minimum atomic E-state index is -0.521. The van der Waals surface area contributed by atoms with Gasteiger partial charge in [-0.25, -0.2) is 0 Å². The van der Waals surface area contributed by atoms with E-state index < -0.39 is 5.91 Å². The van der Waals surface area contributed by atoms with Crippen LogP contribution in [-0.2, 0) is 0 Å². The molecule has 2 aromatic rings. The third kappa shape index (κ3) is 3.03. The highest BCUT2D eigenvalue weighted by atomic mass is 16.2. The molecule has 102 valence electrons. The number of amides is 2. The SMILES string of the molecule is Cc1ccc(C)c(C(=O)Nc2cccc(C(N)=O)c2)c1. The van der Waals surface area contributed by atoms with Crippen molar-refractivity contribution in [3.63, 3.8) is 0 Å². The van der Waals surface area contributed by atoms with Crippen molar-refractivity contribution in [2.75, 3.05) is 5.32 Å². The molecule has 0 aliphatic carbocycles. The van der Waals surface area contributed by atoms with Crippen LogP contribution in [0.4, 0.5) is 5.69 Å². The van der Waals surface area contributed by atoms with Gasteiger partial charge in [-0.15, -0.1) is 0 Å². The molecule has 2 aromatic carbocycles. The molecule has 0 fully saturated rings. The average molecular weight is 268 g/mol. The molecule has 0 bridgehead atoms. The molecular weight excluding hydrogens is 252 g/mol. The maximum Gasteiger partial charge on any atom is 0.255 e. The summed E-state index contributed by atoms with van der Waals surface area (Å²) in [5, 5.41) is 2.77. The topological polar surface area (TPSA) is 72.2 Å². The fourth-order valence-corrected chi connectivity index (χ4v) is 1.93. The lowest BCUT2D eigenvalue weighted by Gasteiger charge is -2.09. The van der Waals surface area contributed by atoms with E-state index in [0.29, 0.717) is 16.8 Å². The van der Waals surface area contributed by atoms with Gasteiger partial charge in [-0.2, -0.15) is 0 Å². The maximum atomic E-state index is 12.2. The van der Waals surface area contributed by atoms with E-state index in [2.05, 4.69) is 5.32 Å². The number of nitrogens with one attached hydrogen (secondary N) is 1. The van der Waals surface area contributed by atoms with Crippen LogP contribution in [0.2, 0.25) is 0 Å². The first-order chi connectivity index (χ1) is 9.47. The van der Waals surface area contributed by atoms with Crippen LogP contribution >= 0.6 is 0 Å². The number of hydrogen-bond acceptors (Lipinski definition) is 2. The van der Waals surface area contributed by atoms with E-state index in [4.69, 9.17) is 5.73 Å². The molecule has 0 aliphatic rings. The van der Waals surface area contributed by atoms with Crippen LogP contribution < -0.4 is 11.1 Å². The lowest BCUT2D eigenvalue weighted by Crippen LogP contribution is -2.15. The molecule has 0 saturated carbocycles. The number of aryl methyl sites for hydroxylation is 2. The van der Waals surface area contributed by atoms with Crippen molar-refractivity contribution in [3.05, 3.63) is 64.7 Å². The molecule has 0 aromatic heterocycles. The monoisotopic (exact) mass is 268 g/mol. The number of nitrogens with two attached hydrogens (primary N) is 1. The molecule has 3 N–H and O–H groups in total. The molecule has 0 aliphatic heterocycles. The summed E-state index contributed by atoms with van der Waals surface area (Å²) in [6.07, 6.45) is 0. The van der Waals surface area contributed by atoms with E-state index in [1.54, 1.807) is 24.3 Å². The lowest BCUT2D eigenvalue weighted by atomic mass is 10.0. The van der Waals surface area contributed by atoms with E-state index in [9.17, 15) is 9.59 Å². The van der Waals surface area contributed by atoms with Gasteiger partial charge in [0.2, 0.25) is 5.91 Å². The Morgan fingerprint density at radius 3 is 2.50 bits per heavy atom. The van der Waals surface area contributed by atoms with Crippen LogP contribution in [0.15, 0.2) is 42.5 Å². The number of anilines is 1. The van der Waals surface area contributed by atoms with Crippen LogP contribution in [0.25, 0.3) is 0 Å². The Hall–Kier alpha value is -2.62. The maximum absolute atomic E-state index is 12.2. The van der Waals surface area contributed by atoms with Crippen molar-refractivity contribution in [1.82, 2.24) is 0 Å². The minimum Gasteiger partial charge on any atom is -0.366 e. The normalized spacial score (nSPS) is 10.1. The van der Waals surface area contributed by atoms with E-state index >= 15 is 0 Å². The molecule has 0 unspecified atom stereocenters. The number of carbonyl (C=O) groups excluding carboxylic acids is 2. The van der Waals surface area contributed by atoms with Crippen LogP contribution in [0, 0.1) is 13.8 Å². The smallest absolute Gasteiger partial charge is 0.255 e. The molecule has 20 heavy (non-hydrogen) atoms. The Labute approximate surface area is 117 Å². The Kier molecular flexibility index (Phi) is 3.84. The third-order valence-electron chi connectivity index (χ3n) is 3.04. The second-order valence-electron chi connectivity index (χ2n) is 4.72. The van der Waals surface area contributed by atoms with Crippen LogP contribution in [0.3, 0.4) is 0 Å². The van der Waals surface area contributed by atoms with E-state index in [1.807, 2.05) is 32.0 Å². The summed E-state index contributed by atoms with van der Waals surface area (Å²) >= 11 is 0. The predicted octanol–water partition coefficient (Wildman–Crippen LogP) is 2.65. The fraction of sp³-hybridized carbons (Fsp3) is 0.125. The van der Waals surface area contributed by atoms with Gasteiger partial charge in [-0.05, 0) is 43.7 Å². The molecule has 0 spiro atoms. The van der Waals surface area contributed by atoms with E-state index in [1.165, 1.54) is 0 Å². The van der Waals surface area contributed by atoms with E-state index in [0.717, 1.165) is 11.1 Å². The van der Waals surface area contributed by atoms with Crippen molar-refractivity contribution in [1.29, 1.82) is 0 Å². The van der Waals surface area contributed by atoms with Crippen molar-refractivity contribution in [3.8, 4) is 0 Å². The number of carbonyl (C=O) groups is 2. The molecule has 4 heteroatoms. The number of primary amides is 1. The van der Waals surface area contributed by atoms with Crippen molar-refractivity contribution in [2.45, 2.75) is 13.8 Å². The second-order valence-corrected chi connectivity index (χ2v) is 4.72. The van der Waals surface area contributed by atoms with Gasteiger partial charge in [0.05, 0.1) is 0 Å². The standard InChI is InChI=1S/C16H16N2O2/c1-10-6-7-11(2)14(8-10)16(20)18-13-5-3-4-12(9-13)15(17)19/h3-9H,1-2H3,(H2,17,19)(H,18,20). The molecule has 0 saturated heterocycles.